The first-order chi connectivity index (χ1) is 9.34. The van der Waals surface area contributed by atoms with Crippen molar-refractivity contribution < 1.29 is 19.5 Å². The fourth-order valence-electron chi connectivity index (χ4n) is 1.69. The number of amides is 3. The van der Waals surface area contributed by atoms with Crippen molar-refractivity contribution in [1.29, 1.82) is 0 Å². The molecule has 0 saturated carbocycles. The van der Waals surface area contributed by atoms with E-state index in [1.807, 2.05) is 0 Å². The number of hydrogen-bond acceptors (Lipinski definition) is 5. The third-order valence-electron chi connectivity index (χ3n) is 2.79. The highest BCUT2D eigenvalue weighted by molar-refractivity contribution is 6.48. The quantitative estimate of drug-likeness (QED) is 0.550. The zero-order chi connectivity index (χ0) is 15.0. The number of hydrogen-bond donors (Lipinski definition) is 3. The molecule has 104 valence electrons. The lowest BCUT2D eigenvalue weighted by molar-refractivity contribution is -0.135. The number of imide groups is 1. The minimum Gasteiger partial charge on any atom is -0.505 e. The van der Waals surface area contributed by atoms with Gasteiger partial charge in [-0.1, -0.05) is 17.7 Å². The van der Waals surface area contributed by atoms with Crippen molar-refractivity contribution in [3.8, 4) is 5.75 Å². The van der Waals surface area contributed by atoms with Crippen LogP contribution >= 0.6 is 11.6 Å². The molecule has 0 saturated heterocycles. The van der Waals surface area contributed by atoms with Crippen LogP contribution in [0.1, 0.15) is 10.4 Å². The lowest BCUT2D eigenvalue weighted by Gasteiger charge is -2.11. The topological polar surface area (TPSA) is 113 Å². The van der Waals surface area contributed by atoms with E-state index in [2.05, 4.69) is 5.32 Å². The van der Waals surface area contributed by atoms with E-state index >= 15 is 0 Å². The molecule has 2 rings (SSSR count). The Kier molecular flexibility index (Phi) is 3.37. The van der Waals surface area contributed by atoms with Gasteiger partial charge >= 0.3 is 0 Å². The van der Waals surface area contributed by atoms with Crippen LogP contribution in [-0.2, 0) is 9.59 Å². The third-order valence-corrected chi connectivity index (χ3v) is 3.14. The van der Waals surface area contributed by atoms with E-state index in [-0.39, 0.29) is 22.0 Å². The minimum absolute atomic E-state index is 0.0471. The Morgan fingerprint density at radius 3 is 2.50 bits per heavy atom. The van der Waals surface area contributed by atoms with Gasteiger partial charge < -0.3 is 16.2 Å². The zero-order valence-electron chi connectivity index (χ0n) is 10.3. The highest BCUT2D eigenvalue weighted by atomic mass is 35.5. The van der Waals surface area contributed by atoms with E-state index in [0.717, 1.165) is 4.90 Å². The SMILES string of the molecule is CN1C(=O)C(Cl)=C(Nc2cccc(C(N)=O)c2O)C1=O. The number of nitrogens with one attached hydrogen (secondary N) is 1. The van der Waals surface area contributed by atoms with Gasteiger partial charge in [0.1, 0.15) is 10.7 Å². The molecule has 0 fully saturated rings. The summed E-state index contributed by atoms with van der Waals surface area (Å²) in [6.45, 7) is 0. The molecule has 1 aliphatic rings. The summed E-state index contributed by atoms with van der Waals surface area (Å²) in [5.74, 6) is -2.53. The Balaban J connectivity index is 2.42. The first-order valence-corrected chi connectivity index (χ1v) is 5.83. The van der Waals surface area contributed by atoms with Gasteiger partial charge in [0.05, 0.1) is 11.3 Å². The van der Waals surface area contributed by atoms with Crippen LogP contribution in [0.4, 0.5) is 5.69 Å². The van der Waals surface area contributed by atoms with E-state index in [1.54, 1.807) is 0 Å². The third kappa shape index (κ3) is 2.08. The van der Waals surface area contributed by atoms with Crippen LogP contribution in [0.15, 0.2) is 28.9 Å². The molecule has 8 heteroatoms. The highest BCUT2D eigenvalue weighted by Crippen LogP contribution is 2.31. The Bertz CT molecular complexity index is 669. The number of primary amides is 1. The van der Waals surface area contributed by atoms with Crippen LogP contribution in [0.2, 0.25) is 0 Å². The van der Waals surface area contributed by atoms with Crippen molar-refractivity contribution in [3.63, 3.8) is 0 Å². The minimum atomic E-state index is -0.822. The average molecular weight is 296 g/mol. The summed E-state index contributed by atoms with van der Waals surface area (Å²) < 4.78 is 0. The molecule has 1 aliphatic heterocycles. The van der Waals surface area contributed by atoms with E-state index in [0.29, 0.717) is 0 Å². The van der Waals surface area contributed by atoms with Crippen LogP contribution in [0.25, 0.3) is 0 Å². The number of rotatable bonds is 3. The molecule has 0 aromatic heterocycles. The monoisotopic (exact) mass is 295 g/mol. The van der Waals surface area contributed by atoms with Gasteiger partial charge in [0.25, 0.3) is 17.7 Å². The summed E-state index contributed by atoms with van der Waals surface area (Å²) in [4.78, 5) is 35.2. The molecule has 3 amide bonds. The maximum Gasteiger partial charge on any atom is 0.278 e. The van der Waals surface area contributed by atoms with E-state index in [4.69, 9.17) is 17.3 Å². The number of benzene rings is 1. The van der Waals surface area contributed by atoms with Crippen molar-refractivity contribution in [2.75, 3.05) is 12.4 Å². The Hall–Kier alpha value is -2.54. The van der Waals surface area contributed by atoms with Crippen molar-refractivity contribution in [2.24, 2.45) is 5.73 Å². The predicted molar refractivity (Wildman–Crippen MR) is 70.9 cm³/mol. The molecule has 7 nitrogen and oxygen atoms in total. The summed E-state index contributed by atoms with van der Waals surface area (Å²) in [6, 6.07) is 4.20. The second-order valence-corrected chi connectivity index (χ2v) is 4.43. The number of nitrogens with two attached hydrogens (primary N) is 1. The first kappa shape index (κ1) is 13.9. The molecule has 0 aliphatic carbocycles. The Morgan fingerprint density at radius 2 is 2.00 bits per heavy atom. The summed E-state index contributed by atoms with van der Waals surface area (Å²) in [5, 5.41) is 12.1. The molecule has 0 bridgehead atoms. The van der Waals surface area contributed by atoms with Gasteiger partial charge in [0.2, 0.25) is 0 Å². The lowest BCUT2D eigenvalue weighted by atomic mass is 10.1. The number of carbonyl (C=O) groups is 3. The van der Waals surface area contributed by atoms with Gasteiger partial charge in [-0.05, 0) is 12.1 Å². The van der Waals surface area contributed by atoms with Gasteiger partial charge in [-0.3, -0.25) is 19.3 Å². The smallest absolute Gasteiger partial charge is 0.278 e. The lowest BCUT2D eigenvalue weighted by Crippen LogP contribution is -2.27. The van der Waals surface area contributed by atoms with Crippen molar-refractivity contribution in [1.82, 2.24) is 4.90 Å². The van der Waals surface area contributed by atoms with Crippen LogP contribution in [0.5, 0.6) is 5.75 Å². The molecule has 1 aromatic rings. The number of para-hydroxylation sites is 1. The molecular formula is C12H10ClN3O4. The molecule has 4 N–H and O–H groups in total. The standard InChI is InChI=1S/C12H10ClN3O4/c1-16-11(19)7(13)8(12(16)20)15-6-4-2-3-5(9(6)17)10(14)18/h2-4,15,17H,1H3,(H2,14,18). The van der Waals surface area contributed by atoms with Crippen LogP contribution in [0.3, 0.4) is 0 Å². The maximum atomic E-state index is 11.8. The number of aromatic hydroxyl groups is 1. The van der Waals surface area contributed by atoms with Gasteiger partial charge in [-0.25, -0.2) is 0 Å². The number of anilines is 1. The summed E-state index contributed by atoms with van der Waals surface area (Å²) >= 11 is 5.75. The number of phenols is 1. The molecular weight excluding hydrogens is 286 g/mol. The predicted octanol–water partition coefficient (Wildman–Crippen LogP) is 0.352. The number of likely N-dealkylation sites (N-methyl/N-ethyl adjacent to an activating group) is 1. The first-order valence-electron chi connectivity index (χ1n) is 5.45. The van der Waals surface area contributed by atoms with E-state index < -0.39 is 23.5 Å². The van der Waals surface area contributed by atoms with Gasteiger partial charge in [-0.15, -0.1) is 0 Å². The highest BCUT2D eigenvalue weighted by Gasteiger charge is 2.35. The molecule has 0 unspecified atom stereocenters. The summed E-state index contributed by atoms with van der Waals surface area (Å²) in [5.41, 5.74) is 4.86. The second-order valence-electron chi connectivity index (χ2n) is 4.05. The maximum absolute atomic E-state index is 11.8. The fourth-order valence-corrected chi connectivity index (χ4v) is 1.95. The van der Waals surface area contributed by atoms with Crippen LogP contribution in [0, 0.1) is 0 Å². The van der Waals surface area contributed by atoms with Crippen molar-refractivity contribution in [3.05, 3.63) is 34.5 Å². The van der Waals surface area contributed by atoms with Crippen molar-refractivity contribution >= 4 is 35.0 Å². The van der Waals surface area contributed by atoms with E-state index in [9.17, 15) is 19.5 Å². The van der Waals surface area contributed by atoms with Crippen LogP contribution in [-0.4, -0.2) is 34.8 Å². The summed E-state index contributed by atoms with van der Waals surface area (Å²) in [6.07, 6.45) is 0. The Labute approximate surface area is 118 Å². The molecule has 0 spiro atoms. The second kappa shape index (κ2) is 4.86. The summed E-state index contributed by atoms with van der Waals surface area (Å²) in [7, 11) is 1.28. The van der Waals surface area contributed by atoms with Crippen LogP contribution < -0.4 is 11.1 Å². The number of carbonyl (C=O) groups excluding carboxylic acids is 3. The molecule has 1 heterocycles. The van der Waals surface area contributed by atoms with Gasteiger partial charge in [0, 0.05) is 7.05 Å². The molecule has 0 radical (unpaired) electrons. The zero-order valence-corrected chi connectivity index (χ0v) is 11.1. The fraction of sp³-hybridized carbons (Fsp3) is 0.0833. The molecule has 20 heavy (non-hydrogen) atoms. The number of halogens is 1. The molecule has 0 atom stereocenters. The normalized spacial score (nSPS) is 15.0. The Morgan fingerprint density at radius 1 is 1.35 bits per heavy atom. The average Bonchev–Trinajstić information content (AvgIpc) is 2.58. The largest absolute Gasteiger partial charge is 0.505 e. The van der Waals surface area contributed by atoms with E-state index in [1.165, 1.54) is 25.2 Å². The molecule has 1 aromatic carbocycles. The van der Waals surface area contributed by atoms with Gasteiger partial charge in [0.15, 0.2) is 5.75 Å². The van der Waals surface area contributed by atoms with Gasteiger partial charge in [-0.2, -0.15) is 0 Å². The van der Waals surface area contributed by atoms with Crippen molar-refractivity contribution in [2.45, 2.75) is 0 Å². The number of nitrogens with zero attached hydrogens (tertiary/aromatic N) is 1.